The standard InChI is InChI=1S/C20H17BrN6OS/c21-11-1-4-14-16(7-11)29-25-17(14)20(28)27-12-2-3-13(27)9-26(8-12)19-15-5-6-22-18(15)23-10-24-19/h1,4-7,10,12-13H,2-3,8-9H2,(H,22,23,24)/t12-,13-/m1/s1. The van der Waals surface area contributed by atoms with Crippen LogP contribution in [0.4, 0.5) is 5.82 Å². The molecule has 4 aromatic rings. The number of aromatic nitrogens is 4. The third kappa shape index (κ3) is 2.67. The Kier molecular flexibility index (Phi) is 3.89. The lowest BCUT2D eigenvalue weighted by atomic mass is 10.1. The normalized spacial score (nSPS) is 21.4. The molecule has 3 aromatic heterocycles. The first-order valence-electron chi connectivity index (χ1n) is 9.59. The predicted octanol–water partition coefficient (Wildman–Crippen LogP) is 3.82. The lowest BCUT2D eigenvalue weighted by Crippen LogP contribution is -2.56. The minimum atomic E-state index is 0.0557. The Labute approximate surface area is 179 Å². The summed E-state index contributed by atoms with van der Waals surface area (Å²) in [7, 11) is 0. The number of carbonyl (C=O) groups excluding carboxylic acids is 1. The van der Waals surface area contributed by atoms with Gasteiger partial charge in [0, 0.05) is 29.1 Å². The maximum atomic E-state index is 13.4. The number of hydrogen-bond acceptors (Lipinski definition) is 6. The minimum absolute atomic E-state index is 0.0557. The largest absolute Gasteiger partial charge is 0.352 e. The fourth-order valence-electron chi connectivity index (χ4n) is 4.71. The molecule has 6 rings (SSSR count). The van der Waals surface area contributed by atoms with Crippen molar-refractivity contribution in [1.82, 2.24) is 24.2 Å². The summed E-state index contributed by atoms with van der Waals surface area (Å²) in [4.78, 5) is 29.8. The molecule has 0 radical (unpaired) electrons. The van der Waals surface area contributed by atoms with Crippen LogP contribution in [0.2, 0.25) is 0 Å². The fourth-order valence-corrected chi connectivity index (χ4v) is 6.03. The lowest BCUT2D eigenvalue weighted by Gasteiger charge is -2.41. The molecule has 0 spiro atoms. The van der Waals surface area contributed by atoms with Gasteiger partial charge in [-0.05, 0) is 48.6 Å². The van der Waals surface area contributed by atoms with E-state index in [9.17, 15) is 4.79 Å². The molecule has 2 bridgehead atoms. The second kappa shape index (κ2) is 6.50. The third-order valence-corrected chi connectivity index (χ3v) is 7.29. The van der Waals surface area contributed by atoms with E-state index in [-0.39, 0.29) is 18.0 Å². The van der Waals surface area contributed by atoms with E-state index in [1.165, 1.54) is 11.5 Å². The summed E-state index contributed by atoms with van der Waals surface area (Å²) in [5.74, 6) is 1.00. The maximum Gasteiger partial charge on any atom is 0.274 e. The Morgan fingerprint density at radius 3 is 2.79 bits per heavy atom. The SMILES string of the molecule is O=C(c1nsc2cc(Br)ccc12)N1[C@@H]2CC[C@@H]1CN(c1ncnc3[nH]ccc13)C2. The van der Waals surface area contributed by atoms with Crippen LogP contribution in [-0.4, -0.2) is 55.3 Å². The number of nitrogens with one attached hydrogen (secondary N) is 1. The zero-order valence-electron chi connectivity index (χ0n) is 15.4. The van der Waals surface area contributed by atoms with Crippen LogP contribution >= 0.6 is 27.5 Å². The topological polar surface area (TPSA) is 78.0 Å². The maximum absolute atomic E-state index is 13.4. The van der Waals surface area contributed by atoms with Gasteiger partial charge in [-0.15, -0.1) is 0 Å². The number of anilines is 1. The summed E-state index contributed by atoms with van der Waals surface area (Å²) in [6, 6.07) is 8.35. The van der Waals surface area contributed by atoms with Crippen LogP contribution in [0.5, 0.6) is 0 Å². The van der Waals surface area contributed by atoms with E-state index in [0.29, 0.717) is 5.69 Å². The highest BCUT2D eigenvalue weighted by atomic mass is 79.9. The van der Waals surface area contributed by atoms with Crippen LogP contribution in [0, 0.1) is 0 Å². The molecule has 2 saturated heterocycles. The molecule has 1 aromatic carbocycles. The molecule has 0 saturated carbocycles. The molecule has 29 heavy (non-hydrogen) atoms. The van der Waals surface area contributed by atoms with Crippen molar-refractivity contribution >= 4 is 60.3 Å². The van der Waals surface area contributed by atoms with Crippen molar-refractivity contribution in [2.75, 3.05) is 18.0 Å². The Morgan fingerprint density at radius 2 is 1.97 bits per heavy atom. The number of hydrogen-bond donors (Lipinski definition) is 1. The molecule has 146 valence electrons. The molecule has 0 unspecified atom stereocenters. The van der Waals surface area contributed by atoms with Gasteiger partial charge in [0.1, 0.15) is 23.5 Å². The van der Waals surface area contributed by atoms with Crippen LogP contribution in [0.1, 0.15) is 23.3 Å². The zero-order chi connectivity index (χ0) is 19.5. The number of rotatable bonds is 2. The first-order valence-corrected chi connectivity index (χ1v) is 11.2. The lowest BCUT2D eigenvalue weighted by molar-refractivity contribution is 0.0638. The van der Waals surface area contributed by atoms with Crippen molar-refractivity contribution in [2.45, 2.75) is 24.9 Å². The molecule has 9 heteroatoms. The Bertz CT molecular complexity index is 1240. The molecule has 2 fully saturated rings. The van der Waals surface area contributed by atoms with Crippen molar-refractivity contribution in [3.05, 3.63) is 47.0 Å². The molecule has 7 nitrogen and oxygen atoms in total. The van der Waals surface area contributed by atoms with Crippen LogP contribution in [0.3, 0.4) is 0 Å². The van der Waals surface area contributed by atoms with E-state index >= 15 is 0 Å². The summed E-state index contributed by atoms with van der Waals surface area (Å²) < 4.78 is 6.54. The van der Waals surface area contributed by atoms with E-state index < -0.39 is 0 Å². The van der Waals surface area contributed by atoms with Gasteiger partial charge in [0.25, 0.3) is 5.91 Å². The van der Waals surface area contributed by atoms with Gasteiger partial charge in [-0.25, -0.2) is 9.97 Å². The predicted molar refractivity (Wildman–Crippen MR) is 116 cm³/mol. The van der Waals surface area contributed by atoms with Crippen molar-refractivity contribution in [2.24, 2.45) is 0 Å². The van der Waals surface area contributed by atoms with Crippen molar-refractivity contribution in [1.29, 1.82) is 0 Å². The van der Waals surface area contributed by atoms with Gasteiger partial charge >= 0.3 is 0 Å². The van der Waals surface area contributed by atoms with Gasteiger partial charge in [-0.2, -0.15) is 4.37 Å². The van der Waals surface area contributed by atoms with Crippen LogP contribution in [0.15, 0.2) is 41.3 Å². The Hall–Kier alpha value is -2.52. The van der Waals surface area contributed by atoms with Gasteiger partial charge in [0.05, 0.1) is 22.2 Å². The first-order chi connectivity index (χ1) is 14.2. The summed E-state index contributed by atoms with van der Waals surface area (Å²) >= 11 is 4.88. The Morgan fingerprint density at radius 1 is 1.14 bits per heavy atom. The van der Waals surface area contributed by atoms with Crippen LogP contribution in [-0.2, 0) is 0 Å². The molecule has 0 aliphatic carbocycles. The number of carbonyl (C=O) groups is 1. The fraction of sp³-hybridized carbons (Fsp3) is 0.300. The highest BCUT2D eigenvalue weighted by Gasteiger charge is 2.44. The quantitative estimate of drug-likeness (QED) is 0.483. The number of halogens is 1. The molecule has 5 heterocycles. The van der Waals surface area contributed by atoms with E-state index in [1.54, 1.807) is 6.33 Å². The number of nitrogens with zero attached hydrogens (tertiary/aromatic N) is 5. The van der Waals surface area contributed by atoms with Gasteiger partial charge < -0.3 is 14.8 Å². The van der Waals surface area contributed by atoms with Gasteiger partial charge in [-0.3, -0.25) is 4.79 Å². The molecule has 2 aliphatic heterocycles. The average molecular weight is 469 g/mol. The van der Waals surface area contributed by atoms with Crippen LogP contribution in [0.25, 0.3) is 21.1 Å². The number of amides is 1. The van der Waals surface area contributed by atoms with E-state index in [1.807, 2.05) is 30.5 Å². The smallest absolute Gasteiger partial charge is 0.274 e. The van der Waals surface area contributed by atoms with Crippen LogP contribution < -0.4 is 4.90 Å². The van der Waals surface area contributed by atoms with Crippen molar-refractivity contribution in [3.63, 3.8) is 0 Å². The molecule has 2 atom stereocenters. The van der Waals surface area contributed by atoms with Crippen molar-refractivity contribution < 1.29 is 4.79 Å². The number of aromatic amines is 1. The number of benzene rings is 1. The first kappa shape index (κ1) is 17.3. The molecular formula is C20H17BrN6OS. The Balaban J connectivity index is 1.31. The molecular weight excluding hydrogens is 452 g/mol. The van der Waals surface area contributed by atoms with Crippen molar-refractivity contribution in [3.8, 4) is 0 Å². The summed E-state index contributed by atoms with van der Waals surface area (Å²) in [6.07, 6.45) is 5.53. The summed E-state index contributed by atoms with van der Waals surface area (Å²) in [5, 5.41) is 1.97. The monoisotopic (exact) mass is 468 g/mol. The van der Waals surface area contributed by atoms with E-state index in [2.05, 4.69) is 45.1 Å². The summed E-state index contributed by atoms with van der Waals surface area (Å²) in [6.45, 7) is 1.57. The number of fused-ring (bicyclic) bond motifs is 4. The number of piperazine rings is 1. The highest BCUT2D eigenvalue weighted by Crippen LogP contribution is 2.36. The van der Waals surface area contributed by atoms with Gasteiger partial charge in [0.2, 0.25) is 0 Å². The highest BCUT2D eigenvalue weighted by molar-refractivity contribution is 9.10. The zero-order valence-corrected chi connectivity index (χ0v) is 17.8. The molecule has 1 N–H and O–H groups in total. The van der Waals surface area contributed by atoms with Gasteiger partial charge in [0.15, 0.2) is 0 Å². The minimum Gasteiger partial charge on any atom is -0.352 e. The second-order valence-electron chi connectivity index (χ2n) is 7.61. The average Bonchev–Trinajstić information content (AvgIpc) is 3.42. The molecule has 2 aliphatic rings. The third-order valence-electron chi connectivity index (χ3n) is 5.99. The van der Waals surface area contributed by atoms with Gasteiger partial charge in [-0.1, -0.05) is 15.9 Å². The molecule has 1 amide bonds. The van der Waals surface area contributed by atoms with E-state index in [0.717, 1.165) is 57.3 Å². The van der Waals surface area contributed by atoms with E-state index in [4.69, 9.17) is 0 Å². The second-order valence-corrected chi connectivity index (χ2v) is 9.33. The summed E-state index contributed by atoms with van der Waals surface area (Å²) in [5.41, 5.74) is 1.43. The number of H-pyrrole nitrogens is 1.